The monoisotopic (exact) mass is 518 g/mol. The van der Waals surface area contributed by atoms with Crippen LogP contribution >= 0.6 is 15.9 Å². The van der Waals surface area contributed by atoms with E-state index in [0.29, 0.717) is 30.3 Å². The summed E-state index contributed by atoms with van der Waals surface area (Å²) in [5.41, 5.74) is 1.94. The van der Waals surface area contributed by atoms with Gasteiger partial charge in [-0.3, -0.25) is 4.79 Å². The van der Waals surface area contributed by atoms with Crippen molar-refractivity contribution in [2.75, 3.05) is 13.2 Å². The fraction of sp³-hybridized carbons (Fsp3) is 0.227. The van der Waals surface area contributed by atoms with Gasteiger partial charge >= 0.3 is 0 Å². The molecule has 10 heteroatoms. The van der Waals surface area contributed by atoms with E-state index < -0.39 is 22.0 Å². The first-order valence-corrected chi connectivity index (χ1v) is 12.1. The molecule has 1 aromatic heterocycles. The molecule has 8 nitrogen and oxygen atoms in total. The van der Waals surface area contributed by atoms with Crippen LogP contribution < -0.4 is 9.47 Å². The Morgan fingerprint density at radius 1 is 1.00 bits per heavy atom. The van der Waals surface area contributed by atoms with Gasteiger partial charge in [-0.25, -0.2) is 12.4 Å². The normalized spacial score (nSPS) is 16.0. The van der Waals surface area contributed by atoms with Crippen molar-refractivity contribution >= 4 is 31.9 Å². The van der Waals surface area contributed by atoms with Gasteiger partial charge in [0.05, 0.1) is 4.90 Å². The molecule has 2 aromatic carbocycles. The zero-order chi connectivity index (χ0) is 22.5. The Bertz CT molecular complexity index is 1300. The molecule has 3 heterocycles. The number of rotatable bonds is 4. The van der Waals surface area contributed by atoms with Crippen molar-refractivity contribution in [2.24, 2.45) is 0 Å². The lowest BCUT2D eigenvalue weighted by molar-refractivity contribution is -0.141. The zero-order valence-corrected chi connectivity index (χ0v) is 19.2. The first-order valence-electron chi connectivity index (χ1n) is 9.90. The highest BCUT2D eigenvalue weighted by Gasteiger charge is 2.32. The van der Waals surface area contributed by atoms with Crippen molar-refractivity contribution in [2.45, 2.75) is 24.1 Å². The molecule has 166 valence electrons. The van der Waals surface area contributed by atoms with Crippen LogP contribution in [-0.4, -0.2) is 41.5 Å². The van der Waals surface area contributed by atoms with Gasteiger partial charge in [-0.2, -0.15) is 0 Å². The number of aromatic nitrogens is 1. The summed E-state index contributed by atoms with van der Waals surface area (Å²) in [6.07, 6.45) is 1.74. The molecule has 1 amide bonds. The van der Waals surface area contributed by atoms with E-state index >= 15 is 0 Å². The molecule has 32 heavy (non-hydrogen) atoms. The van der Waals surface area contributed by atoms with Gasteiger partial charge in [-0.1, -0.05) is 28.1 Å². The van der Waals surface area contributed by atoms with Crippen molar-refractivity contribution in [3.63, 3.8) is 0 Å². The van der Waals surface area contributed by atoms with Gasteiger partial charge < -0.3 is 19.5 Å². The molecule has 0 fully saturated rings. The van der Waals surface area contributed by atoms with Crippen LogP contribution in [0.3, 0.4) is 0 Å². The van der Waals surface area contributed by atoms with E-state index in [2.05, 4.69) is 15.9 Å². The number of hydrogen-bond donors (Lipinski definition) is 1. The van der Waals surface area contributed by atoms with E-state index in [-0.39, 0.29) is 18.0 Å². The number of carbonyl (C=O) groups excluding carboxylic acids is 1. The Morgan fingerprint density at radius 2 is 1.69 bits per heavy atom. The predicted octanol–water partition coefficient (Wildman–Crippen LogP) is 2.83. The van der Waals surface area contributed by atoms with E-state index in [4.69, 9.17) is 9.47 Å². The average molecular weight is 519 g/mol. The largest absolute Gasteiger partial charge is 0.486 e. The molecule has 0 aliphatic carbocycles. The highest BCUT2D eigenvalue weighted by molar-refractivity contribution is 9.10. The van der Waals surface area contributed by atoms with E-state index in [9.17, 15) is 18.3 Å². The summed E-state index contributed by atoms with van der Waals surface area (Å²) in [4.78, 5) is 14.4. The van der Waals surface area contributed by atoms with E-state index in [0.717, 1.165) is 19.6 Å². The summed E-state index contributed by atoms with van der Waals surface area (Å²) in [7, 11) is -3.83. The maximum absolute atomic E-state index is 13.1. The Hall–Kier alpha value is -2.82. The molecule has 1 N–H and O–H groups in total. The topological polar surface area (TPSA) is 98.1 Å². The van der Waals surface area contributed by atoms with Gasteiger partial charge in [-0.15, -0.1) is 0 Å². The van der Waals surface area contributed by atoms with Gasteiger partial charge in [0.1, 0.15) is 13.2 Å². The van der Waals surface area contributed by atoms with Crippen molar-refractivity contribution in [1.29, 1.82) is 0 Å². The van der Waals surface area contributed by atoms with Crippen LogP contribution in [0.5, 0.6) is 11.5 Å². The van der Waals surface area contributed by atoms with Gasteiger partial charge in [0.2, 0.25) is 0 Å². The van der Waals surface area contributed by atoms with Crippen LogP contribution in [0.25, 0.3) is 0 Å². The minimum atomic E-state index is -3.83. The van der Waals surface area contributed by atoms with Gasteiger partial charge in [-0.05, 0) is 41.0 Å². The minimum Gasteiger partial charge on any atom is -0.486 e. The molecular weight excluding hydrogens is 500 g/mol. The van der Waals surface area contributed by atoms with E-state index in [1.807, 2.05) is 6.07 Å². The number of carbonyl (C=O) groups is 1. The number of ether oxygens (including phenoxy) is 2. The highest BCUT2D eigenvalue weighted by Crippen LogP contribution is 2.34. The number of benzene rings is 2. The van der Waals surface area contributed by atoms with Crippen LogP contribution in [0.15, 0.2) is 64.2 Å². The first kappa shape index (κ1) is 21.0. The fourth-order valence-electron chi connectivity index (χ4n) is 3.85. The molecule has 0 bridgehead atoms. The molecule has 2 aliphatic rings. The molecule has 0 unspecified atom stereocenters. The lowest BCUT2D eigenvalue weighted by Gasteiger charge is -2.20. The number of aliphatic hydroxyl groups excluding tert-OH is 1. The number of fused-ring (bicyclic) bond motifs is 2. The predicted molar refractivity (Wildman–Crippen MR) is 118 cm³/mol. The van der Waals surface area contributed by atoms with Crippen molar-refractivity contribution in [1.82, 2.24) is 8.87 Å². The summed E-state index contributed by atoms with van der Waals surface area (Å²) < 4.78 is 39.1. The zero-order valence-electron chi connectivity index (χ0n) is 16.8. The number of aliphatic hydroxyl groups is 1. The molecular formula is C22H19BrN2O6S. The Kier molecular flexibility index (Phi) is 5.23. The summed E-state index contributed by atoms with van der Waals surface area (Å²) >= 11 is 3.34. The third-order valence-corrected chi connectivity index (χ3v) is 7.61. The molecule has 3 aromatic rings. The Labute approximate surface area is 193 Å². The summed E-state index contributed by atoms with van der Waals surface area (Å²) in [6.45, 7) is 1.24. The second kappa shape index (κ2) is 7.95. The molecule has 5 rings (SSSR count). The second-order valence-electron chi connectivity index (χ2n) is 7.60. The van der Waals surface area contributed by atoms with Crippen molar-refractivity contribution < 1.29 is 27.8 Å². The first-order chi connectivity index (χ1) is 15.3. The van der Waals surface area contributed by atoms with Crippen LogP contribution in [0.2, 0.25) is 0 Å². The van der Waals surface area contributed by atoms with Crippen LogP contribution in [-0.2, 0) is 27.9 Å². The maximum atomic E-state index is 13.1. The van der Waals surface area contributed by atoms with Crippen molar-refractivity contribution in [3.05, 3.63) is 76.0 Å². The summed E-state index contributed by atoms with van der Waals surface area (Å²) in [6, 6.07) is 11.5. The SMILES string of the molecule is O=C([C@@H](O)c1cccc(Br)c1)N1Cc2cn(S(=O)(=O)c3ccc4c(c3)OCCO4)cc2C1. The molecule has 2 aliphatic heterocycles. The van der Waals surface area contributed by atoms with E-state index in [1.54, 1.807) is 24.3 Å². The van der Waals surface area contributed by atoms with Crippen LogP contribution in [0.1, 0.15) is 22.8 Å². The minimum absolute atomic E-state index is 0.0911. The standard InChI is InChI=1S/C22H19BrN2O6S/c23-17-3-1-2-14(8-17)21(26)22(27)24-10-15-12-25(13-16(15)11-24)32(28,29)18-4-5-19-20(9-18)31-7-6-30-19/h1-5,8-9,12-13,21,26H,6-7,10-11H2/t21-/m0/s1. The van der Waals surface area contributed by atoms with Gasteiger partial charge in [0.25, 0.3) is 15.9 Å². The summed E-state index contributed by atoms with van der Waals surface area (Å²) in [5.74, 6) is 0.485. The van der Waals surface area contributed by atoms with Gasteiger partial charge in [0, 0.05) is 36.0 Å². The quantitative estimate of drug-likeness (QED) is 0.570. The fourth-order valence-corrected chi connectivity index (χ4v) is 5.54. The van der Waals surface area contributed by atoms with Crippen LogP contribution in [0, 0.1) is 0 Å². The van der Waals surface area contributed by atoms with Crippen molar-refractivity contribution in [3.8, 4) is 11.5 Å². The maximum Gasteiger partial charge on any atom is 0.267 e. The van der Waals surface area contributed by atoms with Gasteiger partial charge in [0.15, 0.2) is 17.6 Å². The Morgan fingerprint density at radius 3 is 2.38 bits per heavy atom. The lowest BCUT2D eigenvalue weighted by atomic mass is 10.1. The third kappa shape index (κ3) is 3.68. The van der Waals surface area contributed by atoms with Crippen LogP contribution in [0.4, 0.5) is 0 Å². The van der Waals surface area contributed by atoms with E-state index in [1.165, 1.54) is 29.4 Å². The second-order valence-corrected chi connectivity index (χ2v) is 10.4. The summed E-state index contributed by atoms with van der Waals surface area (Å²) in [5, 5.41) is 10.5. The Balaban J connectivity index is 1.35. The smallest absolute Gasteiger partial charge is 0.267 e. The number of halogens is 1. The molecule has 0 radical (unpaired) electrons. The molecule has 0 spiro atoms. The number of nitrogens with zero attached hydrogens (tertiary/aromatic N) is 2. The molecule has 1 atom stereocenters. The third-order valence-electron chi connectivity index (χ3n) is 5.50. The average Bonchev–Trinajstić information content (AvgIpc) is 3.38. The molecule has 0 saturated carbocycles. The number of hydrogen-bond acceptors (Lipinski definition) is 6. The number of amides is 1. The lowest BCUT2D eigenvalue weighted by Crippen LogP contribution is -2.31. The molecule has 0 saturated heterocycles. The highest BCUT2D eigenvalue weighted by atomic mass is 79.9.